The van der Waals surface area contributed by atoms with Gasteiger partial charge in [-0.2, -0.15) is 0 Å². The zero-order chi connectivity index (χ0) is 28.8. The second-order valence-electron chi connectivity index (χ2n) is 10.9. The van der Waals surface area contributed by atoms with Gasteiger partial charge in [0.25, 0.3) is 0 Å². The lowest BCUT2D eigenvalue weighted by Crippen LogP contribution is -2.40. The molecule has 2 amide bonds. The lowest BCUT2D eigenvalue weighted by molar-refractivity contribution is -0.116. The first kappa shape index (κ1) is 30.2. The Balaban J connectivity index is 1.69. The molecule has 0 bridgehead atoms. The molecule has 0 aliphatic heterocycles. The van der Waals surface area contributed by atoms with Crippen LogP contribution < -0.4 is 15.4 Å². The van der Waals surface area contributed by atoms with E-state index in [1.54, 1.807) is 25.3 Å². The molecule has 0 spiro atoms. The van der Waals surface area contributed by atoms with Crippen molar-refractivity contribution in [2.45, 2.75) is 58.4 Å². The van der Waals surface area contributed by atoms with Crippen LogP contribution in [0, 0.1) is 0 Å². The fraction of sp³-hybridized carbons (Fsp3) is 0.333. The van der Waals surface area contributed by atoms with Crippen molar-refractivity contribution in [2.24, 2.45) is 0 Å². The van der Waals surface area contributed by atoms with Gasteiger partial charge < -0.3 is 19.6 Å². The molecular weight excluding hydrogens is 532 g/mol. The maximum atomic E-state index is 12.8. The Labute approximate surface area is 236 Å². The molecule has 0 aromatic heterocycles. The lowest BCUT2D eigenvalue weighted by Gasteiger charge is -2.36. The Bertz CT molecular complexity index is 1320. The van der Waals surface area contributed by atoms with Crippen molar-refractivity contribution in [1.82, 2.24) is 0 Å². The number of ether oxygens (including phenoxy) is 1. The molecule has 3 aromatic rings. The number of methoxy groups -OCH3 is 1. The van der Waals surface area contributed by atoms with Crippen molar-refractivity contribution in [1.29, 1.82) is 0 Å². The molecule has 0 aliphatic rings. The number of amides is 2. The molecule has 0 radical (unpaired) electrons. The van der Waals surface area contributed by atoms with Crippen LogP contribution in [0.15, 0.2) is 60.7 Å². The number of nitrogens with one attached hydrogen (secondary N) is 2. The van der Waals surface area contributed by atoms with Crippen LogP contribution in [0.4, 0.5) is 16.2 Å². The molecule has 3 rings (SSSR count). The number of aryl methyl sites for hydroxylation is 1. The molecule has 3 N–H and O–H groups in total. The smallest absolute Gasteiger partial charge is 0.409 e. The molecule has 0 aliphatic carbocycles. The van der Waals surface area contributed by atoms with E-state index in [1.807, 2.05) is 42.5 Å². The lowest BCUT2D eigenvalue weighted by atomic mass is 9.99. The Morgan fingerprint density at radius 2 is 1.67 bits per heavy atom. The summed E-state index contributed by atoms with van der Waals surface area (Å²) in [5.74, 6) is 0.374. The number of halogens is 1. The zero-order valence-corrected chi connectivity index (χ0v) is 25.1. The van der Waals surface area contributed by atoms with E-state index in [0.717, 1.165) is 22.3 Å². The number of carbonyl (C=O) groups excluding carboxylic acids is 1. The van der Waals surface area contributed by atoms with Gasteiger partial charge in [0, 0.05) is 23.6 Å². The molecule has 3 aromatic carbocycles. The predicted octanol–water partition coefficient (Wildman–Crippen LogP) is 8.20. The van der Waals surface area contributed by atoms with Gasteiger partial charge in [-0.25, -0.2) is 4.79 Å². The monoisotopic (exact) mass is 568 g/mol. The molecule has 208 valence electrons. The van der Waals surface area contributed by atoms with Gasteiger partial charge in [-0.05, 0) is 47.8 Å². The largest absolute Gasteiger partial charge is 0.496 e. The number of benzene rings is 3. The SMILES string of the molecule is COc1cc(NC(=O)CCc2ccc(-c3ccccc3)c(NC(=O)O)c2)c(Cl)cc1CO[Si](C)(C)C(C)(C)C. The molecule has 0 saturated heterocycles. The summed E-state index contributed by atoms with van der Waals surface area (Å²) in [7, 11) is -0.389. The molecule has 9 heteroatoms. The average molecular weight is 569 g/mol. The highest BCUT2D eigenvalue weighted by atomic mass is 35.5. The van der Waals surface area contributed by atoms with Crippen molar-refractivity contribution in [2.75, 3.05) is 17.7 Å². The van der Waals surface area contributed by atoms with Gasteiger partial charge in [-0.15, -0.1) is 0 Å². The van der Waals surface area contributed by atoms with E-state index >= 15 is 0 Å². The van der Waals surface area contributed by atoms with Crippen LogP contribution in [0.1, 0.15) is 38.3 Å². The normalized spacial score (nSPS) is 11.7. The number of carboxylic acid groups (broad SMARTS) is 1. The number of carbonyl (C=O) groups is 2. The van der Waals surface area contributed by atoms with E-state index < -0.39 is 14.4 Å². The Morgan fingerprint density at radius 1 is 0.974 bits per heavy atom. The Kier molecular flexibility index (Phi) is 9.82. The molecule has 7 nitrogen and oxygen atoms in total. The highest BCUT2D eigenvalue weighted by Gasteiger charge is 2.37. The first-order chi connectivity index (χ1) is 18.3. The number of hydrogen-bond acceptors (Lipinski definition) is 4. The predicted molar refractivity (Wildman–Crippen MR) is 160 cm³/mol. The van der Waals surface area contributed by atoms with E-state index in [0.29, 0.717) is 35.2 Å². The first-order valence-corrected chi connectivity index (χ1v) is 16.1. The highest BCUT2D eigenvalue weighted by molar-refractivity contribution is 6.74. The third-order valence-electron chi connectivity index (χ3n) is 7.09. The molecule has 0 heterocycles. The summed E-state index contributed by atoms with van der Waals surface area (Å²) in [6.07, 6.45) is -0.544. The minimum absolute atomic E-state index is 0.0737. The quantitative estimate of drug-likeness (QED) is 0.214. The summed E-state index contributed by atoms with van der Waals surface area (Å²) in [4.78, 5) is 24.2. The molecule has 0 atom stereocenters. The van der Waals surface area contributed by atoms with Crippen LogP contribution in [-0.4, -0.2) is 32.5 Å². The van der Waals surface area contributed by atoms with Crippen molar-refractivity contribution >= 4 is 43.3 Å². The van der Waals surface area contributed by atoms with Crippen molar-refractivity contribution in [3.05, 3.63) is 76.8 Å². The van der Waals surface area contributed by atoms with Crippen molar-refractivity contribution in [3.8, 4) is 16.9 Å². The topological polar surface area (TPSA) is 96.9 Å². The Hall–Kier alpha value is -3.33. The zero-order valence-electron chi connectivity index (χ0n) is 23.4. The third kappa shape index (κ3) is 8.08. The van der Waals surface area contributed by atoms with Crippen LogP contribution in [-0.2, 0) is 22.2 Å². The fourth-order valence-corrected chi connectivity index (χ4v) is 4.96. The van der Waals surface area contributed by atoms with Gasteiger partial charge in [0.05, 0.1) is 30.1 Å². The minimum Gasteiger partial charge on any atom is -0.496 e. The van der Waals surface area contributed by atoms with Crippen LogP contribution in [0.3, 0.4) is 0 Å². The highest BCUT2D eigenvalue weighted by Crippen LogP contribution is 2.39. The fourth-order valence-electron chi connectivity index (χ4n) is 3.77. The molecule has 0 saturated carbocycles. The van der Waals surface area contributed by atoms with E-state index in [9.17, 15) is 14.7 Å². The van der Waals surface area contributed by atoms with E-state index in [1.165, 1.54) is 0 Å². The summed E-state index contributed by atoms with van der Waals surface area (Å²) in [6.45, 7) is 11.3. The number of rotatable bonds is 10. The van der Waals surface area contributed by atoms with Crippen LogP contribution in [0.2, 0.25) is 23.2 Å². The third-order valence-corrected chi connectivity index (χ3v) is 11.9. The van der Waals surface area contributed by atoms with E-state index in [2.05, 4.69) is 44.5 Å². The number of anilines is 2. The minimum atomic E-state index is -1.97. The standard InChI is InChI=1S/C30H37ClN2O5Si/c1-30(2,3)39(5,6)38-19-22-17-24(31)26(18-27(22)37-4)32-28(34)15-13-20-12-14-23(21-10-8-7-9-11-21)25(16-20)33-29(35)36/h7-12,14,16-18,33H,13,15,19H2,1-6H3,(H,32,34)(H,35,36). The van der Waals surface area contributed by atoms with Crippen LogP contribution in [0.5, 0.6) is 5.75 Å². The van der Waals surface area contributed by atoms with Gasteiger partial charge in [-0.3, -0.25) is 10.1 Å². The molecule has 0 fully saturated rings. The molecule has 0 unspecified atom stereocenters. The number of hydrogen-bond donors (Lipinski definition) is 3. The first-order valence-electron chi connectivity index (χ1n) is 12.8. The van der Waals surface area contributed by atoms with Crippen molar-refractivity contribution < 1.29 is 23.9 Å². The summed E-state index contributed by atoms with van der Waals surface area (Å²) in [5.41, 5.74) is 4.24. The van der Waals surface area contributed by atoms with Crippen LogP contribution in [0.25, 0.3) is 11.1 Å². The summed E-state index contributed by atoms with van der Waals surface area (Å²) in [6, 6.07) is 18.5. The van der Waals surface area contributed by atoms with E-state index in [4.69, 9.17) is 20.8 Å². The van der Waals surface area contributed by atoms with E-state index in [-0.39, 0.29) is 17.4 Å². The maximum absolute atomic E-state index is 12.8. The van der Waals surface area contributed by atoms with Crippen molar-refractivity contribution in [3.63, 3.8) is 0 Å². The summed E-state index contributed by atoms with van der Waals surface area (Å²) in [5, 5.41) is 15.1. The van der Waals surface area contributed by atoms with Gasteiger partial charge in [0.1, 0.15) is 5.75 Å². The molecule has 39 heavy (non-hydrogen) atoms. The van der Waals surface area contributed by atoms with Gasteiger partial charge >= 0.3 is 6.09 Å². The maximum Gasteiger partial charge on any atom is 0.409 e. The summed E-state index contributed by atoms with van der Waals surface area (Å²) >= 11 is 6.53. The van der Waals surface area contributed by atoms with Gasteiger partial charge in [-0.1, -0.05) is 74.8 Å². The average Bonchev–Trinajstić information content (AvgIpc) is 2.87. The van der Waals surface area contributed by atoms with Gasteiger partial charge in [0.2, 0.25) is 5.91 Å². The second kappa shape index (κ2) is 12.7. The second-order valence-corrected chi connectivity index (χ2v) is 16.1. The Morgan fingerprint density at radius 3 is 2.28 bits per heavy atom. The van der Waals surface area contributed by atoms with Gasteiger partial charge in [0.15, 0.2) is 8.32 Å². The summed E-state index contributed by atoms with van der Waals surface area (Å²) < 4.78 is 11.9. The van der Waals surface area contributed by atoms with Crippen LogP contribution >= 0.6 is 11.6 Å². The molecular formula is C30H37ClN2O5Si.